The zero-order valence-electron chi connectivity index (χ0n) is 21.2. The van der Waals surface area contributed by atoms with Gasteiger partial charge in [0.15, 0.2) is 0 Å². The maximum Gasteiger partial charge on any atom is 0.227 e. The van der Waals surface area contributed by atoms with Crippen LogP contribution in [0.15, 0.2) is 48.8 Å². The van der Waals surface area contributed by atoms with Crippen LogP contribution in [0.1, 0.15) is 48.9 Å². The van der Waals surface area contributed by atoms with Crippen molar-refractivity contribution in [3.63, 3.8) is 0 Å². The molecule has 0 bridgehead atoms. The zero-order valence-corrected chi connectivity index (χ0v) is 21.2. The fourth-order valence-electron chi connectivity index (χ4n) is 5.96. The molecule has 36 heavy (non-hydrogen) atoms. The summed E-state index contributed by atoms with van der Waals surface area (Å²) in [6.45, 7) is 3.29. The fraction of sp³-hybridized carbons (Fsp3) is 0.433. The first-order chi connectivity index (χ1) is 17.7. The predicted molar refractivity (Wildman–Crippen MR) is 145 cm³/mol. The lowest BCUT2D eigenvalue weighted by Crippen LogP contribution is -2.31. The Kier molecular flexibility index (Phi) is 6.45. The first kappa shape index (κ1) is 23.2. The van der Waals surface area contributed by atoms with Gasteiger partial charge in [0.1, 0.15) is 0 Å². The lowest BCUT2D eigenvalue weighted by atomic mass is 9.92. The molecule has 6 nitrogen and oxygen atoms in total. The van der Waals surface area contributed by atoms with Crippen LogP contribution < -0.4 is 15.1 Å². The number of fused-ring (bicyclic) bond motifs is 2. The number of nitrogens with one attached hydrogen (secondary N) is 1. The third kappa shape index (κ3) is 4.62. The van der Waals surface area contributed by atoms with Gasteiger partial charge in [0.2, 0.25) is 5.91 Å². The van der Waals surface area contributed by atoms with E-state index in [1.807, 2.05) is 19.4 Å². The van der Waals surface area contributed by atoms with Crippen molar-refractivity contribution in [1.82, 2.24) is 15.3 Å². The van der Waals surface area contributed by atoms with Gasteiger partial charge in [0.25, 0.3) is 0 Å². The highest BCUT2D eigenvalue weighted by molar-refractivity contribution is 5.96. The Labute approximate surface area is 213 Å². The minimum atomic E-state index is 0.194. The van der Waals surface area contributed by atoms with Crippen LogP contribution in [0, 0.1) is 5.92 Å². The van der Waals surface area contributed by atoms with Crippen molar-refractivity contribution < 1.29 is 4.79 Å². The van der Waals surface area contributed by atoms with E-state index in [-0.39, 0.29) is 5.91 Å². The second kappa shape index (κ2) is 10.0. The van der Waals surface area contributed by atoms with Crippen molar-refractivity contribution in [2.45, 2.75) is 51.4 Å². The number of piperidine rings is 1. The molecular weight excluding hydrogens is 446 g/mol. The molecule has 6 rings (SSSR count). The number of nitrogens with zero attached hydrogens (tertiary/aromatic N) is 4. The minimum absolute atomic E-state index is 0.194. The van der Waals surface area contributed by atoms with E-state index in [4.69, 9.17) is 9.97 Å². The van der Waals surface area contributed by atoms with Gasteiger partial charge in [-0.25, -0.2) is 0 Å². The molecule has 0 radical (unpaired) electrons. The molecule has 0 atom stereocenters. The number of carbonyl (C=O) groups is 1. The Balaban J connectivity index is 1.19. The maximum atomic E-state index is 12.1. The molecule has 3 aliphatic rings. The summed E-state index contributed by atoms with van der Waals surface area (Å²) in [7, 11) is 1.87. The average molecular weight is 482 g/mol. The molecule has 1 amide bonds. The molecule has 5 heterocycles. The third-order valence-corrected chi connectivity index (χ3v) is 8.19. The number of carbonyl (C=O) groups excluding carboxylic acids is 1. The topological polar surface area (TPSA) is 61.4 Å². The van der Waals surface area contributed by atoms with Crippen LogP contribution in [0.2, 0.25) is 0 Å². The van der Waals surface area contributed by atoms with Gasteiger partial charge in [-0.2, -0.15) is 0 Å². The van der Waals surface area contributed by atoms with E-state index in [1.165, 1.54) is 47.5 Å². The van der Waals surface area contributed by atoms with Gasteiger partial charge in [0, 0.05) is 48.8 Å². The maximum absolute atomic E-state index is 12.1. The van der Waals surface area contributed by atoms with Gasteiger partial charge < -0.3 is 15.1 Å². The van der Waals surface area contributed by atoms with Crippen LogP contribution in [-0.2, 0) is 24.1 Å². The molecule has 1 saturated heterocycles. The Morgan fingerprint density at radius 3 is 2.64 bits per heavy atom. The van der Waals surface area contributed by atoms with Gasteiger partial charge in [-0.1, -0.05) is 0 Å². The SMILES string of the molecule is CN1C(=O)CCc2cc(N3CCCc4cc(-c5ccc(CCC6CCNCC6)nc5)ncc43)ccc21. The molecular formula is C30H35N5O. The van der Waals surface area contributed by atoms with Crippen molar-refractivity contribution in [2.24, 2.45) is 5.92 Å². The van der Waals surface area contributed by atoms with E-state index < -0.39 is 0 Å². The fourth-order valence-corrected chi connectivity index (χ4v) is 5.96. The molecule has 0 spiro atoms. The number of hydrogen-bond acceptors (Lipinski definition) is 5. The predicted octanol–water partition coefficient (Wildman–Crippen LogP) is 5.07. The van der Waals surface area contributed by atoms with Gasteiger partial charge in [-0.3, -0.25) is 14.8 Å². The monoisotopic (exact) mass is 481 g/mol. The van der Waals surface area contributed by atoms with E-state index in [1.54, 1.807) is 4.90 Å². The van der Waals surface area contributed by atoms with Crippen molar-refractivity contribution >= 4 is 23.0 Å². The first-order valence-electron chi connectivity index (χ1n) is 13.5. The van der Waals surface area contributed by atoms with Crippen molar-refractivity contribution in [2.75, 3.05) is 36.5 Å². The summed E-state index contributed by atoms with van der Waals surface area (Å²) in [6.07, 6.45) is 12.5. The molecule has 6 heteroatoms. The van der Waals surface area contributed by atoms with Crippen molar-refractivity contribution in [3.05, 3.63) is 65.6 Å². The molecule has 0 aliphatic carbocycles. The van der Waals surface area contributed by atoms with E-state index >= 15 is 0 Å². The molecule has 0 saturated carbocycles. The van der Waals surface area contributed by atoms with Crippen molar-refractivity contribution in [3.8, 4) is 11.3 Å². The van der Waals surface area contributed by atoms with Crippen LogP contribution in [0.4, 0.5) is 17.1 Å². The number of hydrogen-bond donors (Lipinski definition) is 1. The number of aromatic nitrogens is 2. The standard InChI is InChI=1S/C30H35N5O/c1-34-28-10-9-26(17-23(28)6-11-30(34)36)35-16-2-3-22-18-27(33-20-29(22)35)24-5-8-25(32-19-24)7-4-21-12-14-31-15-13-21/h5,8-10,17-21,31H,2-4,6-7,11-16H2,1H3. The largest absolute Gasteiger partial charge is 0.340 e. The second-order valence-electron chi connectivity index (χ2n) is 10.5. The van der Waals surface area contributed by atoms with Crippen LogP contribution in [-0.4, -0.2) is 42.6 Å². The third-order valence-electron chi connectivity index (χ3n) is 8.19. The van der Waals surface area contributed by atoms with Crippen LogP contribution >= 0.6 is 0 Å². The van der Waals surface area contributed by atoms with E-state index in [0.29, 0.717) is 6.42 Å². The molecule has 0 unspecified atom stereocenters. The summed E-state index contributed by atoms with van der Waals surface area (Å²) in [5, 5.41) is 3.45. The Bertz CT molecular complexity index is 1250. The Morgan fingerprint density at radius 2 is 1.81 bits per heavy atom. The summed E-state index contributed by atoms with van der Waals surface area (Å²) in [5.74, 6) is 1.02. The molecule has 3 aliphatic heterocycles. The van der Waals surface area contributed by atoms with Crippen LogP contribution in [0.25, 0.3) is 11.3 Å². The highest BCUT2D eigenvalue weighted by Crippen LogP contribution is 2.38. The number of aryl methyl sites for hydroxylation is 3. The van der Waals surface area contributed by atoms with Crippen molar-refractivity contribution in [1.29, 1.82) is 0 Å². The normalized spacial score (nSPS) is 18.2. The number of benzene rings is 1. The number of pyridine rings is 2. The minimum Gasteiger partial charge on any atom is -0.340 e. The highest BCUT2D eigenvalue weighted by Gasteiger charge is 2.24. The zero-order chi connectivity index (χ0) is 24.5. The van der Waals surface area contributed by atoms with Gasteiger partial charge in [0.05, 0.1) is 17.6 Å². The highest BCUT2D eigenvalue weighted by atomic mass is 16.2. The summed E-state index contributed by atoms with van der Waals surface area (Å²) < 4.78 is 0. The summed E-state index contributed by atoms with van der Waals surface area (Å²) in [6, 6.07) is 13.1. The van der Waals surface area contributed by atoms with Gasteiger partial charge in [-0.05, 0) is 111 Å². The quantitative estimate of drug-likeness (QED) is 0.551. The number of anilines is 3. The van der Waals surface area contributed by atoms with E-state index in [9.17, 15) is 4.79 Å². The lowest BCUT2D eigenvalue weighted by molar-refractivity contribution is -0.118. The summed E-state index contributed by atoms with van der Waals surface area (Å²) >= 11 is 0. The Hall–Kier alpha value is -3.25. The van der Waals surface area contributed by atoms with Gasteiger partial charge >= 0.3 is 0 Å². The average Bonchev–Trinajstić information content (AvgIpc) is 2.94. The molecule has 3 aromatic rings. The van der Waals surface area contributed by atoms with Crippen LogP contribution in [0.5, 0.6) is 0 Å². The summed E-state index contributed by atoms with van der Waals surface area (Å²) in [4.78, 5) is 25.9. The van der Waals surface area contributed by atoms with E-state index in [0.717, 1.165) is 68.2 Å². The van der Waals surface area contributed by atoms with Gasteiger partial charge in [-0.15, -0.1) is 0 Å². The Morgan fingerprint density at radius 1 is 0.944 bits per heavy atom. The molecule has 2 aromatic heterocycles. The smallest absolute Gasteiger partial charge is 0.227 e. The molecule has 186 valence electrons. The summed E-state index contributed by atoms with van der Waals surface area (Å²) in [5.41, 5.74) is 9.27. The number of rotatable bonds is 5. The first-order valence-corrected chi connectivity index (χ1v) is 13.5. The lowest BCUT2D eigenvalue weighted by Gasteiger charge is -2.33. The molecule has 1 N–H and O–H groups in total. The second-order valence-corrected chi connectivity index (χ2v) is 10.5. The molecule has 1 fully saturated rings. The molecule has 1 aromatic carbocycles. The van der Waals surface area contributed by atoms with Crippen LogP contribution in [0.3, 0.4) is 0 Å². The van der Waals surface area contributed by atoms with E-state index in [2.05, 4.69) is 46.6 Å². The number of amides is 1.